The molecule has 12 heteroatoms. The number of pyridine rings is 1. The number of carbonyl (C=O) groups excluding carboxylic acids is 1. The highest BCUT2D eigenvalue weighted by Crippen LogP contribution is 2.39. The number of hydrogen-bond acceptors (Lipinski definition) is 5. The molecule has 1 amide bonds. The maximum absolute atomic E-state index is 14.5. The molecule has 1 aliphatic carbocycles. The number of alkyl halides is 3. The zero-order valence-electron chi connectivity index (χ0n) is 18.5. The lowest BCUT2D eigenvalue weighted by Crippen LogP contribution is -2.25. The van der Waals surface area contributed by atoms with E-state index in [0.29, 0.717) is 11.5 Å². The Balaban J connectivity index is 1.24. The normalized spacial score (nSPS) is 13.9. The largest absolute Gasteiger partial charge is 0.573 e. The molecule has 1 aliphatic rings. The second-order valence-electron chi connectivity index (χ2n) is 8.44. The van der Waals surface area contributed by atoms with Crippen LogP contribution in [0.15, 0.2) is 42.9 Å². The highest BCUT2D eigenvalue weighted by molar-refractivity contribution is 5.91. The van der Waals surface area contributed by atoms with Gasteiger partial charge in [-0.1, -0.05) is 17.3 Å². The van der Waals surface area contributed by atoms with E-state index in [2.05, 4.69) is 37.6 Å². The third-order valence-electron chi connectivity index (χ3n) is 5.76. The van der Waals surface area contributed by atoms with Crippen molar-refractivity contribution < 1.29 is 27.1 Å². The van der Waals surface area contributed by atoms with Gasteiger partial charge in [0.25, 0.3) is 5.91 Å². The van der Waals surface area contributed by atoms with Crippen LogP contribution in [-0.4, -0.2) is 36.6 Å². The number of rotatable bonds is 7. The first-order chi connectivity index (χ1) is 16.7. The molecule has 182 valence electrons. The minimum absolute atomic E-state index is 0.0226. The van der Waals surface area contributed by atoms with Gasteiger partial charge in [-0.3, -0.25) is 4.79 Å². The summed E-state index contributed by atoms with van der Waals surface area (Å²) in [6, 6.07) is 6.22. The molecule has 0 saturated heterocycles. The van der Waals surface area contributed by atoms with Gasteiger partial charge in [0.1, 0.15) is 5.65 Å². The lowest BCUT2D eigenvalue weighted by molar-refractivity contribution is -0.275. The number of amides is 1. The van der Waals surface area contributed by atoms with Gasteiger partial charge in [-0.2, -0.15) is 0 Å². The number of benzene rings is 1. The Morgan fingerprint density at radius 1 is 1.17 bits per heavy atom. The van der Waals surface area contributed by atoms with Crippen LogP contribution in [-0.2, 0) is 13.1 Å². The average molecular weight is 488 g/mol. The van der Waals surface area contributed by atoms with Crippen molar-refractivity contribution in [2.24, 2.45) is 0 Å². The average Bonchev–Trinajstić information content (AvgIpc) is 3.41. The predicted octanol–water partition coefficient (Wildman–Crippen LogP) is 4.13. The number of halogens is 4. The molecule has 35 heavy (non-hydrogen) atoms. The molecule has 3 heterocycles. The van der Waals surface area contributed by atoms with Crippen molar-refractivity contribution >= 4 is 11.6 Å². The van der Waals surface area contributed by atoms with Gasteiger partial charge in [-0.15, -0.1) is 18.3 Å². The topological polar surface area (TPSA) is 86.3 Å². The summed E-state index contributed by atoms with van der Waals surface area (Å²) in [4.78, 5) is 17.0. The van der Waals surface area contributed by atoms with E-state index in [9.17, 15) is 22.4 Å². The monoisotopic (exact) mass is 488 g/mol. The summed E-state index contributed by atoms with van der Waals surface area (Å²) in [5, 5.41) is 10.2. The first kappa shape index (κ1) is 22.8. The Kier molecular flexibility index (Phi) is 5.65. The van der Waals surface area contributed by atoms with Crippen LogP contribution in [0.2, 0.25) is 0 Å². The molecule has 8 nitrogen and oxygen atoms in total. The second kappa shape index (κ2) is 8.67. The van der Waals surface area contributed by atoms with Crippen molar-refractivity contribution in [1.82, 2.24) is 29.7 Å². The van der Waals surface area contributed by atoms with Crippen LogP contribution in [0.4, 0.5) is 17.6 Å². The molecule has 5 rings (SSSR count). The van der Waals surface area contributed by atoms with E-state index in [1.807, 2.05) is 16.7 Å². The fourth-order valence-corrected chi connectivity index (χ4v) is 3.82. The Morgan fingerprint density at radius 2 is 1.97 bits per heavy atom. The van der Waals surface area contributed by atoms with Crippen molar-refractivity contribution in [2.45, 2.75) is 45.1 Å². The van der Waals surface area contributed by atoms with Crippen LogP contribution in [0.1, 0.15) is 51.6 Å². The van der Waals surface area contributed by atoms with Crippen LogP contribution >= 0.6 is 0 Å². The van der Waals surface area contributed by atoms with E-state index >= 15 is 0 Å². The molecule has 3 aromatic heterocycles. The van der Waals surface area contributed by atoms with Gasteiger partial charge >= 0.3 is 6.36 Å². The molecule has 0 radical (unpaired) electrons. The number of hydrogen-bond donors (Lipinski definition) is 1. The standard InChI is InChI=1S/C23H20F4N6O2/c1-13-2-6-19(35-23(25,26)27)21(24)17(13)8-28-22(34)18-12-33(31-30-18)11-16-10-32-9-15(14-3-4-14)5-7-20(32)29-16/h2,5-7,9-10,12,14H,3-4,8,11H2,1H3,(H,28,34). The first-order valence-electron chi connectivity index (χ1n) is 10.9. The molecule has 0 aliphatic heterocycles. The van der Waals surface area contributed by atoms with Gasteiger partial charge in [0.05, 0.1) is 18.4 Å². The van der Waals surface area contributed by atoms with Crippen molar-refractivity contribution in [3.8, 4) is 5.75 Å². The number of imidazole rings is 1. The summed E-state index contributed by atoms with van der Waals surface area (Å²) in [6.45, 7) is 1.44. The van der Waals surface area contributed by atoms with E-state index in [-0.39, 0.29) is 24.3 Å². The molecule has 0 atom stereocenters. The summed E-state index contributed by atoms with van der Waals surface area (Å²) in [6.07, 6.45) is 2.76. The Hall–Kier alpha value is -3.96. The summed E-state index contributed by atoms with van der Waals surface area (Å²) < 4.78 is 59.0. The molecule has 0 spiro atoms. The predicted molar refractivity (Wildman–Crippen MR) is 115 cm³/mol. The first-order valence-corrected chi connectivity index (χ1v) is 10.9. The van der Waals surface area contributed by atoms with Crippen molar-refractivity contribution in [3.63, 3.8) is 0 Å². The summed E-state index contributed by atoms with van der Waals surface area (Å²) in [7, 11) is 0. The van der Waals surface area contributed by atoms with Crippen LogP contribution in [0.3, 0.4) is 0 Å². The second-order valence-corrected chi connectivity index (χ2v) is 8.44. The van der Waals surface area contributed by atoms with Gasteiger partial charge in [-0.25, -0.2) is 14.1 Å². The summed E-state index contributed by atoms with van der Waals surface area (Å²) in [5.74, 6) is -2.18. The zero-order valence-corrected chi connectivity index (χ0v) is 18.5. The van der Waals surface area contributed by atoms with Crippen LogP contribution < -0.4 is 10.1 Å². The fourth-order valence-electron chi connectivity index (χ4n) is 3.82. The maximum atomic E-state index is 14.5. The molecule has 0 bridgehead atoms. The number of nitrogens with zero attached hydrogens (tertiary/aromatic N) is 5. The van der Waals surface area contributed by atoms with Crippen LogP contribution in [0, 0.1) is 12.7 Å². The molecule has 1 saturated carbocycles. The van der Waals surface area contributed by atoms with E-state index in [1.54, 1.807) is 0 Å². The Bertz CT molecular complexity index is 1410. The SMILES string of the molecule is Cc1ccc(OC(F)(F)F)c(F)c1CNC(=O)c1cn(Cc2cn3cc(C4CC4)ccc3n2)nn1. The molecule has 1 fully saturated rings. The third-order valence-corrected chi connectivity index (χ3v) is 5.76. The highest BCUT2D eigenvalue weighted by Gasteiger charge is 2.33. The molecular formula is C23H20F4N6O2. The Morgan fingerprint density at radius 3 is 2.71 bits per heavy atom. The van der Waals surface area contributed by atoms with E-state index in [4.69, 9.17) is 0 Å². The number of nitrogens with one attached hydrogen (secondary N) is 1. The molecule has 1 N–H and O–H groups in total. The van der Waals surface area contributed by atoms with Gasteiger partial charge < -0.3 is 14.5 Å². The number of aromatic nitrogens is 5. The van der Waals surface area contributed by atoms with Crippen LogP contribution in [0.5, 0.6) is 5.75 Å². The molecule has 1 aromatic carbocycles. The summed E-state index contributed by atoms with van der Waals surface area (Å²) in [5.41, 5.74) is 3.03. The Labute approximate surface area is 196 Å². The van der Waals surface area contributed by atoms with Crippen molar-refractivity contribution in [1.29, 1.82) is 0 Å². The highest BCUT2D eigenvalue weighted by atomic mass is 19.4. The van der Waals surface area contributed by atoms with E-state index < -0.39 is 23.8 Å². The minimum Gasteiger partial charge on any atom is -0.403 e. The smallest absolute Gasteiger partial charge is 0.403 e. The van der Waals surface area contributed by atoms with Gasteiger partial charge in [0, 0.05) is 24.5 Å². The molecule has 4 aromatic rings. The lowest BCUT2D eigenvalue weighted by atomic mass is 10.1. The van der Waals surface area contributed by atoms with Gasteiger partial charge in [0.2, 0.25) is 0 Å². The third kappa shape index (κ3) is 5.10. The quantitative estimate of drug-likeness (QED) is 0.396. The zero-order chi connectivity index (χ0) is 24.7. The molecule has 0 unspecified atom stereocenters. The number of ether oxygens (including phenoxy) is 1. The lowest BCUT2D eigenvalue weighted by Gasteiger charge is -2.14. The fraction of sp³-hybridized carbons (Fsp3) is 0.304. The number of carbonyl (C=O) groups is 1. The number of fused-ring (bicyclic) bond motifs is 1. The van der Waals surface area contributed by atoms with Gasteiger partial charge in [0.15, 0.2) is 17.3 Å². The summed E-state index contributed by atoms with van der Waals surface area (Å²) >= 11 is 0. The maximum Gasteiger partial charge on any atom is 0.573 e. The van der Waals surface area contributed by atoms with Gasteiger partial charge in [-0.05, 0) is 48.9 Å². The van der Waals surface area contributed by atoms with Crippen molar-refractivity contribution in [2.75, 3.05) is 0 Å². The minimum atomic E-state index is -5.03. The van der Waals surface area contributed by atoms with Crippen molar-refractivity contribution in [3.05, 3.63) is 76.8 Å². The van der Waals surface area contributed by atoms with E-state index in [1.165, 1.54) is 42.3 Å². The molecular weight excluding hydrogens is 468 g/mol. The van der Waals surface area contributed by atoms with E-state index in [0.717, 1.165) is 17.4 Å². The van der Waals surface area contributed by atoms with Crippen LogP contribution in [0.25, 0.3) is 5.65 Å². The number of aryl methyl sites for hydroxylation is 1.